The molecule has 4 heterocycles. The van der Waals surface area contributed by atoms with Crippen LogP contribution in [0.2, 0.25) is 0 Å². The third-order valence-electron chi connectivity index (χ3n) is 8.76. The molecule has 2 aromatic rings. The lowest BCUT2D eigenvalue weighted by atomic mass is 9.90. The maximum atomic E-state index is 12.3. The number of thioether (sulfide) groups is 2. The van der Waals surface area contributed by atoms with Crippen LogP contribution in [0.4, 0.5) is 26.3 Å². The highest BCUT2D eigenvalue weighted by Crippen LogP contribution is 2.38. The largest absolute Gasteiger partial charge is 0.446 e. The summed E-state index contributed by atoms with van der Waals surface area (Å²) in [6.07, 6.45) is 6.29. The van der Waals surface area contributed by atoms with Crippen LogP contribution < -0.4 is 0 Å². The molecule has 0 spiro atoms. The van der Waals surface area contributed by atoms with Gasteiger partial charge in [-0.3, -0.25) is 9.80 Å². The second-order valence-corrected chi connectivity index (χ2v) is 16.3. The van der Waals surface area contributed by atoms with E-state index in [0.29, 0.717) is 11.8 Å². The van der Waals surface area contributed by atoms with Crippen LogP contribution in [-0.2, 0) is 22.8 Å². The van der Waals surface area contributed by atoms with Crippen molar-refractivity contribution < 1.29 is 36.0 Å². The molecule has 0 aliphatic carbocycles. The Kier molecular flexibility index (Phi) is 13.5. The van der Waals surface area contributed by atoms with E-state index in [1.165, 1.54) is 0 Å². The minimum absolute atomic E-state index is 0.0721. The lowest BCUT2D eigenvalue weighted by Crippen LogP contribution is -2.37. The highest BCUT2D eigenvalue weighted by Gasteiger charge is 2.34. The maximum absolute atomic E-state index is 12.3. The molecular weight excluding hydrogens is 810 g/mol. The Hall–Kier alpha value is -1.46. The molecule has 6 nitrogen and oxygen atoms in total. The third-order valence-corrected chi connectivity index (χ3v) is 11.2. The van der Waals surface area contributed by atoms with Gasteiger partial charge in [-0.25, -0.2) is 0 Å². The smallest absolute Gasteiger partial charge is 0.391 e. The number of piperidine rings is 2. The molecule has 6 rings (SSSR count). The van der Waals surface area contributed by atoms with E-state index in [-0.39, 0.29) is 45.5 Å². The van der Waals surface area contributed by atoms with Crippen molar-refractivity contribution in [2.45, 2.75) is 84.6 Å². The van der Waals surface area contributed by atoms with Crippen molar-refractivity contribution in [3.63, 3.8) is 0 Å². The number of benzene rings is 2. The molecule has 0 unspecified atom stereocenters. The molecule has 48 heavy (non-hydrogen) atoms. The van der Waals surface area contributed by atoms with Crippen LogP contribution in [0, 0.1) is 11.8 Å². The molecule has 0 radical (unpaired) electrons. The summed E-state index contributed by atoms with van der Waals surface area (Å²) in [4.78, 5) is 16.0. The molecule has 4 aliphatic heterocycles. The van der Waals surface area contributed by atoms with Gasteiger partial charge in [0.25, 0.3) is 0 Å². The summed E-state index contributed by atoms with van der Waals surface area (Å²) in [5.74, 6) is 1.04. The number of likely N-dealkylation sites (tertiary alicyclic amines) is 2. The van der Waals surface area contributed by atoms with Crippen LogP contribution in [0.1, 0.15) is 49.7 Å². The van der Waals surface area contributed by atoms with E-state index >= 15 is 0 Å². The van der Waals surface area contributed by atoms with Gasteiger partial charge in [0.1, 0.15) is 21.4 Å². The molecule has 2 aromatic carbocycles. The third kappa shape index (κ3) is 12.4. The van der Waals surface area contributed by atoms with Gasteiger partial charge in [-0.05, 0) is 143 Å². The molecular formula is C32H36Br2F6N4O2S2. The topological polar surface area (TPSA) is 49.7 Å². The van der Waals surface area contributed by atoms with Gasteiger partial charge >= 0.3 is 11.0 Å². The Morgan fingerprint density at radius 1 is 0.604 bits per heavy atom. The van der Waals surface area contributed by atoms with Crippen molar-refractivity contribution in [3.8, 4) is 0 Å². The van der Waals surface area contributed by atoms with Gasteiger partial charge < -0.3 is 9.68 Å². The molecule has 2 fully saturated rings. The lowest BCUT2D eigenvalue weighted by molar-refractivity contribution is -0.0337. The summed E-state index contributed by atoms with van der Waals surface area (Å²) >= 11 is 6.59. The molecule has 0 N–H and O–H groups in total. The van der Waals surface area contributed by atoms with Crippen LogP contribution in [0.3, 0.4) is 0 Å². The van der Waals surface area contributed by atoms with Gasteiger partial charge in [0.05, 0.1) is 0 Å². The zero-order valence-corrected chi connectivity index (χ0v) is 30.7. The summed E-state index contributed by atoms with van der Waals surface area (Å²) in [6.45, 7) is 5.44. The Bertz CT molecular complexity index is 1280. The van der Waals surface area contributed by atoms with Crippen LogP contribution >= 0.6 is 55.4 Å². The van der Waals surface area contributed by atoms with Gasteiger partial charge in [-0.1, -0.05) is 34.6 Å². The molecule has 0 saturated carbocycles. The second kappa shape index (κ2) is 17.2. The van der Waals surface area contributed by atoms with Crippen LogP contribution in [-0.4, -0.2) is 68.4 Å². The summed E-state index contributed by atoms with van der Waals surface area (Å²) in [5, 5.41) is 7.90. The fraction of sp³-hybridized carbons (Fsp3) is 0.562. The first kappa shape index (κ1) is 37.8. The zero-order valence-electron chi connectivity index (χ0n) is 25.9. The van der Waals surface area contributed by atoms with E-state index in [0.717, 1.165) is 98.2 Å². The van der Waals surface area contributed by atoms with E-state index in [1.54, 1.807) is 48.5 Å². The molecule has 16 heteroatoms. The number of nitrogens with zero attached hydrogens (tertiary/aromatic N) is 4. The van der Waals surface area contributed by atoms with Gasteiger partial charge in [-0.15, -0.1) is 0 Å². The molecule has 0 aromatic heterocycles. The van der Waals surface area contributed by atoms with Crippen molar-refractivity contribution >= 4 is 64.6 Å². The first-order valence-corrected chi connectivity index (χ1v) is 18.9. The van der Waals surface area contributed by atoms with Crippen molar-refractivity contribution in [3.05, 3.63) is 59.7 Å². The van der Waals surface area contributed by atoms with Gasteiger partial charge in [0.2, 0.25) is 0 Å². The minimum atomic E-state index is -4.23. The van der Waals surface area contributed by atoms with Crippen LogP contribution in [0.5, 0.6) is 0 Å². The van der Waals surface area contributed by atoms with Crippen LogP contribution in [0.15, 0.2) is 68.6 Å². The normalized spacial score (nSPS) is 23.2. The monoisotopic (exact) mass is 844 g/mol. The molecule has 4 aliphatic rings. The van der Waals surface area contributed by atoms with Crippen molar-refractivity contribution in [1.29, 1.82) is 0 Å². The fourth-order valence-electron chi connectivity index (χ4n) is 6.31. The Labute approximate surface area is 301 Å². The number of rotatable bonds is 8. The quantitative estimate of drug-likeness (QED) is 0.195. The first-order chi connectivity index (χ1) is 22.8. The van der Waals surface area contributed by atoms with Crippen LogP contribution in [0.25, 0.3) is 0 Å². The SMILES string of the molecule is FC(F)(F)Sc1ccc(CN2CCC([C@@H]3CC(Br)=NO3)CC2)cc1.FC(F)(F)Sc1ccc(CN2CCC([C@H]3CC(Br)=NO3)CC2)cc1. The highest BCUT2D eigenvalue weighted by molar-refractivity contribution is 9.18. The summed E-state index contributed by atoms with van der Waals surface area (Å²) in [7, 11) is 0. The predicted molar refractivity (Wildman–Crippen MR) is 184 cm³/mol. The van der Waals surface area contributed by atoms with Gasteiger partial charge in [0.15, 0.2) is 0 Å². The Morgan fingerprint density at radius 2 is 0.938 bits per heavy atom. The minimum Gasteiger partial charge on any atom is -0.391 e. The molecule has 0 amide bonds. The number of alkyl halides is 6. The summed E-state index contributed by atoms with van der Waals surface area (Å²) < 4.78 is 75.8. The Morgan fingerprint density at radius 3 is 1.21 bits per heavy atom. The van der Waals surface area contributed by atoms with Crippen molar-refractivity contribution in [1.82, 2.24) is 9.80 Å². The molecule has 264 valence electrons. The molecule has 2 atom stereocenters. The van der Waals surface area contributed by atoms with Crippen molar-refractivity contribution in [2.24, 2.45) is 22.1 Å². The van der Waals surface area contributed by atoms with Gasteiger partial charge in [-0.2, -0.15) is 26.3 Å². The summed E-state index contributed by atoms with van der Waals surface area (Å²) in [5.41, 5.74) is -6.37. The lowest BCUT2D eigenvalue weighted by Gasteiger charge is -2.33. The van der Waals surface area contributed by atoms with Crippen molar-refractivity contribution in [2.75, 3.05) is 26.2 Å². The van der Waals surface area contributed by atoms with E-state index < -0.39 is 11.0 Å². The predicted octanol–water partition coefficient (Wildman–Crippen LogP) is 10.0. The fourth-order valence-corrected chi connectivity index (χ4v) is 8.20. The molecule has 2 saturated heterocycles. The van der Waals surface area contributed by atoms with E-state index in [2.05, 4.69) is 52.0 Å². The first-order valence-electron chi connectivity index (χ1n) is 15.7. The average molecular weight is 847 g/mol. The maximum Gasteiger partial charge on any atom is 0.446 e. The highest BCUT2D eigenvalue weighted by atomic mass is 79.9. The molecule has 0 bridgehead atoms. The van der Waals surface area contributed by atoms with E-state index in [9.17, 15) is 26.3 Å². The van der Waals surface area contributed by atoms with Gasteiger partial charge in [0, 0.05) is 47.6 Å². The number of hydrogen-bond acceptors (Lipinski definition) is 8. The number of hydrogen-bond donors (Lipinski definition) is 0. The summed E-state index contributed by atoms with van der Waals surface area (Å²) in [6, 6.07) is 13.3. The number of halogens is 8. The van der Waals surface area contributed by atoms with E-state index in [1.807, 2.05) is 0 Å². The average Bonchev–Trinajstić information content (AvgIpc) is 3.67. The second-order valence-electron chi connectivity index (χ2n) is 12.2. The van der Waals surface area contributed by atoms with E-state index in [4.69, 9.17) is 9.68 Å². The Balaban J connectivity index is 0.000000188. The number of oxime groups is 2. The standard InChI is InChI=1S/2C16H18BrF3N2OS/c2*17-15-9-14(23-21-15)12-5-7-22(8-6-12)10-11-1-3-13(4-2-11)24-16(18,19)20/h2*1-4,12,14H,5-10H2/t2*14-/m10/s1. The zero-order chi connectivity index (χ0) is 34.3.